The normalized spacial score (nSPS) is 16.6. The van der Waals surface area contributed by atoms with Gasteiger partial charge >= 0.3 is 0 Å². The quantitative estimate of drug-likeness (QED) is 0.786. The van der Waals surface area contributed by atoms with Gasteiger partial charge < -0.3 is 14.8 Å². The van der Waals surface area contributed by atoms with Gasteiger partial charge in [-0.25, -0.2) is 0 Å². The Kier molecular flexibility index (Phi) is 6.15. The number of hydrogen-bond donors (Lipinski definition) is 1. The number of rotatable bonds is 5. The van der Waals surface area contributed by atoms with Crippen molar-refractivity contribution < 1.29 is 14.3 Å². The van der Waals surface area contributed by atoms with Gasteiger partial charge in [0, 0.05) is 18.3 Å². The van der Waals surface area contributed by atoms with Gasteiger partial charge in [-0.05, 0) is 54.8 Å². The summed E-state index contributed by atoms with van der Waals surface area (Å²) in [6, 6.07) is 9.16. The van der Waals surface area contributed by atoms with Crippen LogP contribution in [0.3, 0.4) is 0 Å². The summed E-state index contributed by atoms with van der Waals surface area (Å²) < 4.78 is 10.8. The lowest BCUT2D eigenvalue weighted by Crippen LogP contribution is -2.39. The Morgan fingerprint density at radius 2 is 1.85 bits per heavy atom. The van der Waals surface area contributed by atoms with Crippen molar-refractivity contribution in [2.45, 2.75) is 19.4 Å². The Bertz CT molecular complexity index is 857. The molecule has 0 spiro atoms. The van der Waals surface area contributed by atoms with E-state index in [1.54, 1.807) is 32.4 Å². The molecule has 27 heavy (non-hydrogen) atoms. The van der Waals surface area contributed by atoms with Gasteiger partial charge in [-0.3, -0.25) is 9.69 Å². The second kappa shape index (κ2) is 8.38. The minimum atomic E-state index is -0.0934. The summed E-state index contributed by atoms with van der Waals surface area (Å²) in [5, 5.41) is 3.75. The van der Waals surface area contributed by atoms with Crippen LogP contribution in [0.4, 0.5) is 5.69 Å². The topological polar surface area (TPSA) is 50.8 Å². The van der Waals surface area contributed by atoms with Crippen LogP contribution in [-0.2, 0) is 11.2 Å². The van der Waals surface area contributed by atoms with Gasteiger partial charge in [0.05, 0.1) is 30.8 Å². The summed E-state index contributed by atoms with van der Waals surface area (Å²) in [6.07, 6.45) is 0.847. The van der Waals surface area contributed by atoms with E-state index in [0.717, 1.165) is 24.3 Å². The predicted octanol–water partition coefficient (Wildman–Crippen LogP) is 4.57. The maximum Gasteiger partial charge on any atom is 0.238 e. The molecule has 5 nitrogen and oxygen atoms in total. The average molecular weight is 409 g/mol. The zero-order valence-electron chi connectivity index (χ0n) is 15.5. The number of hydrogen-bond acceptors (Lipinski definition) is 4. The van der Waals surface area contributed by atoms with E-state index in [-0.39, 0.29) is 18.5 Å². The van der Waals surface area contributed by atoms with E-state index in [2.05, 4.69) is 17.1 Å². The number of carbonyl (C=O) groups excluding carboxylic acids is 1. The molecule has 3 rings (SSSR count). The molecule has 0 bridgehead atoms. The van der Waals surface area contributed by atoms with E-state index in [1.165, 1.54) is 5.56 Å². The van der Waals surface area contributed by atoms with Crippen LogP contribution >= 0.6 is 23.2 Å². The van der Waals surface area contributed by atoms with Gasteiger partial charge in [-0.1, -0.05) is 23.2 Å². The molecule has 1 atom stereocenters. The Morgan fingerprint density at radius 1 is 1.15 bits per heavy atom. The highest BCUT2D eigenvalue weighted by molar-refractivity contribution is 6.42. The lowest BCUT2D eigenvalue weighted by atomic mass is 9.93. The first-order valence-electron chi connectivity index (χ1n) is 8.66. The van der Waals surface area contributed by atoms with Crippen LogP contribution in [-0.4, -0.2) is 38.1 Å². The van der Waals surface area contributed by atoms with Crippen LogP contribution in [0.15, 0.2) is 30.3 Å². The standard InChI is InChI=1S/C20H22Cl2N2O3/c1-12-15-10-19(27-3)18(26-2)8-13(15)6-7-24(12)11-20(25)23-14-4-5-16(21)17(22)9-14/h4-5,8-10,12H,6-7,11H2,1-3H3,(H,23,25). The van der Waals surface area contributed by atoms with Crippen LogP contribution in [0.5, 0.6) is 11.5 Å². The number of halogens is 2. The number of amides is 1. The summed E-state index contributed by atoms with van der Waals surface area (Å²) in [4.78, 5) is 14.6. The van der Waals surface area contributed by atoms with E-state index in [9.17, 15) is 4.79 Å². The molecule has 1 heterocycles. The zero-order valence-corrected chi connectivity index (χ0v) is 17.0. The van der Waals surface area contributed by atoms with Gasteiger partial charge in [0.1, 0.15) is 0 Å². The van der Waals surface area contributed by atoms with Gasteiger partial charge in [0.2, 0.25) is 5.91 Å². The molecule has 2 aromatic rings. The fourth-order valence-corrected chi connectivity index (χ4v) is 3.67. The number of methoxy groups -OCH3 is 2. The van der Waals surface area contributed by atoms with Crippen LogP contribution in [0.2, 0.25) is 10.0 Å². The van der Waals surface area contributed by atoms with E-state index in [4.69, 9.17) is 32.7 Å². The molecule has 0 aromatic heterocycles. The monoisotopic (exact) mass is 408 g/mol. The lowest BCUT2D eigenvalue weighted by molar-refractivity contribution is -0.117. The largest absolute Gasteiger partial charge is 0.493 e. The fourth-order valence-electron chi connectivity index (χ4n) is 3.37. The van der Waals surface area contributed by atoms with E-state index < -0.39 is 0 Å². The van der Waals surface area contributed by atoms with Crippen molar-refractivity contribution in [2.24, 2.45) is 0 Å². The first-order chi connectivity index (χ1) is 12.9. The van der Waals surface area contributed by atoms with Crippen molar-refractivity contribution in [3.8, 4) is 11.5 Å². The summed E-state index contributed by atoms with van der Waals surface area (Å²) in [6.45, 7) is 3.17. The van der Waals surface area contributed by atoms with Crippen LogP contribution in [0.25, 0.3) is 0 Å². The Labute approximate surface area is 169 Å². The number of nitrogens with zero attached hydrogens (tertiary/aromatic N) is 1. The summed E-state index contributed by atoms with van der Waals surface area (Å²) in [5.74, 6) is 1.34. The molecular weight excluding hydrogens is 387 g/mol. The number of ether oxygens (including phenoxy) is 2. The number of nitrogens with one attached hydrogen (secondary N) is 1. The number of fused-ring (bicyclic) bond motifs is 1. The second-order valence-corrected chi connectivity index (χ2v) is 7.29. The minimum absolute atomic E-state index is 0.0908. The van der Waals surface area contributed by atoms with Crippen molar-refractivity contribution in [1.29, 1.82) is 0 Å². The molecular formula is C20H22Cl2N2O3. The Morgan fingerprint density at radius 3 is 2.52 bits per heavy atom. The van der Waals surface area contributed by atoms with Gasteiger partial charge in [-0.15, -0.1) is 0 Å². The van der Waals surface area contributed by atoms with Gasteiger partial charge in [0.15, 0.2) is 11.5 Å². The maximum absolute atomic E-state index is 12.5. The number of carbonyl (C=O) groups is 1. The van der Waals surface area contributed by atoms with Crippen molar-refractivity contribution >= 4 is 34.8 Å². The van der Waals surface area contributed by atoms with Crippen molar-refractivity contribution in [1.82, 2.24) is 4.90 Å². The minimum Gasteiger partial charge on any atom is -0.493 e. The zero-order chi connectivity index (χ0) is 19.6. The third-order valence-corrected chi connectivity index (χ3v) is 5.60. The molecule has 1 aliphatic heterocycles. The highest BCUT2D eigenvalue weighted by Crippen LogP contribution is 2.37. The van der Waals surface area contributed by atoms with Crippen molar-refractivity contribution in [3.63, 3.8) is 0 Å². The predicted molar refractivity (Wildman–Crippen MR) is 108 cm³/mol. The SMILES string of the molecule is COc1cc2c(cc1OC)C(C)N(CC(=O)Nc1ccc(Cl)c(Cl)c1)CC2. The molecule has 0 saturated carbocycles. The first kappa shape index (κ1) is 19.8. The summed E-state index contributed by atoms with van der Waals surface area (Å²) in [5.41, 5.74) is 3.01. The van der Waals surface area contributed by atoms with Gasteiger partial charge in [-0.2, -0.15) is 0 Å². The molecule has 0 saturated heterocycles. The molecule has 144 valence electrons. The van der Waals surface area contributed by atoms with E-state index >= 15 is 0 Å². The van der Waals surface area contributed by atoms with Crippen LogP contribution in [0, 0.1) is 0 Å². The van der Waals surface area contributed by atoms with Crippen molar-refractivity contribution in [2.75, 3.05) is 32.6 Å². The molecule has 1 N–H and O–H groups in total. The molecule has 0 fully saturated rings. The Balaban J connectivity index is 1.71. The van der Waals surface area contributed by atoms with Crippen LogP contribution in [0.1, 0.15) is 24.1 Å². The number of benzene rings is 2. The van der Waals surface area contributed by atoms with E-state index in [0.29, 0.717) is 21.5 Å². The molecule has 1 unspecified atom stereocenters. The Hall–Kier alpha value is -1.95. The van der Waals surface area contributed by atoms with Crippen molar-refractivity contribution in [3.05, 3.63) is 51.5 Å². The van der Waals surface area contributed by atoms with E-state index in [1.807, 2.05) is 12.1 Å². The van der Waals surface area contributed by atoms with Crippen LogP contribution < -0.4 is 14.8 Å². The summed E-state index contributed by atoms with van der Waals surface area (Å²) >= 11 is 11.9. The second-order valence-electron chi connectivity index (χ2n) is 6.48. The molecule has 0 radical (unpaired) electrons. The fraction of sp³-hybridized carbons (Fsp3) is 0.350. The molecule has 0 aliphatic carbocycles. The first-order valence-corrected chi connectivity index (χ1v) is 9.42. The lowest BCUT2D eigenvalue weighted by Gasteiger charge is -2.35. The highest BCUT2D eigenvalue weighted by atomic mass is 35.5. The molecule has 7 heteroatoms. The highest BCUT2D eigenvalue weighted by Gasteiger charge is 2.27. The smallest absolute Gasteiger partial charge is 0.238 e. The molecule has 2 aromatic carbocycles. The summed E-state index contributed by atoms with van der Waals surface area (Å²) in [7, 11) is 3.26. The third kappa shape index (κ3) is 4.32. The average Bonchev–Trinajstić information content (AvgIpc) is 2.66. The maximum atomic E-state index is 12.5. The molecule has 1 amide bonds. The molecule has 1 aliphatic rings. The number of anilines is 1. The van der Waals surface area contributed by atoms with Gasteiger partial charge in [0.25, 0.3) is 0 Å². The third-order valence-electron chi connectivity index (χ3n) is 4.86.